The lowest BCUT2D eigenvalue weighted by Gasteiger charge is -2.29. The summed E-state index contributed by atoms with van der Waals surface area (Å²) >= 11 is 0. The number of rotatable bonds is 5. The predicted octanol–water partition coefficient (Wildman–Crippen LogP) is 4.42. The second-order valence-electron chi connectivity index (χ2n) is 5.52. The minimum absolute atomic E-state index is 0.276. The molecule has 0 amide bonds. The standard InChI is InChI=1S/C16H24O/c1-3-12(2)11-16(17)15-10-5-4-9-14(15)13-7-6-8-13/h4-5,9-10,12-13,16-17H,3,6-8,11H2,1-2H3. The van der Waals surface area contributed by atoms with Gasteiger partial charge in [0.25, 0.3) is 0 Å². The van der Waals surface area contributed by atoms with Crippen LogP contribution in [0.3, 0.4) is 0 Å². The zero-order valence-corrected chi connectivity index (χ0v) is 11.0. The van der Waals surface area contributed by atoms with Crippen LogP contribution in [0.1, 0.15) is 69.1 Å². The van der Waals surface area contributed by atoms with Gasteiger partial charge in [-0.15, -0.1) is 0 Å². The molecule has 2 unspecified atom stereocenters. The molecule has 0 heterocycles. The van der Waals surface area contributed by atoms with Crippen molar-refractivity contribution in [2.45, 2.75) is 58.0 Å². The van der Waals surface area contributed by atoms with Crippen molar-refractivity contribution in [3.8, 4) is 0 Å². The average Bonchev–Trinajstić information content (AvgIpc) is 2.27. The Hall–Kier alpha value is -0.820. The summed E-state index contributed by atoms with van der Waals surface area (Å²) in [4.78, 5) is 0. The summed E-state index contributed by atoms with van der Waals surface area (Å²) in [6.45, 7) is 4.41. The van der Waals surface area contributed by atoms with E-state index in [9.17, 15) is 5.11 Å². The number of aliphatic hydroxyl groups excluding tert-OH is 1. The van der Waals surface area contributed by atoms with Gasteiger partial charge in [0, 0.05) is 0 Å². The highest BCUT2D eigenvalue weighted by Gasteiger charge is 2.24. The van der Waals surface area contributed by atoms with Gasteiger partial charge in [0.15, 0.2) is 0 Å². The Morgan fingerprint density at radius 2 is 2.00 bits per heavy atom. The molecule has 1 N–H and O–H groups in total. The molecule has 0 radical (unpaired) electrons. The third-order valence-corrected chi connectivity index (χ3v) is 4.22. The van der Waals surface area contributed by atoms with Crippen molar-refractivity contribution in [3.63, 3.8) is 0 Å². The van der Waals surface area contributed by atoms with E-state index in [0.29, 0.717) is 11.8 Å². The second kappa shape index (κ2) is 5.68. The van der Waals surface area contributed by atoms with Crippen LogP contribution in [0, 0.1) is 5.92 Å². The zero-order valence-electron chi connectivity index (χ0n) is 11.0. The van der Waals surface area contributed by atoms with Gasteiger partial charge >= 0.3 is 0 Å². The first-order valence-electron chi connectivity index (χ1n) is 6.99. The van der Waals surface area contributed by atoms with Crippen molar-refractivity contribution in [1.82, 2.24) is 0 Å². The summed E-state index contributed by atoms with van der Waals surface area (Å²) in [5.74, 6) is 1.30. The molecule has 0 aromatic heterocycles. The van der Waals surface area contributed by atoms with E-state index in [4.69, 9.17) is 0 Å². The minimum atomic E-state index is -0.276. The maximum absolute atomic E-state index is 10.4. The molecular formula is C16H24O. The Morgan fingerprint density at radius 1 is 1.29 bits per heavy atom. The molecule has 0 aliphatic heterocycles. The Morgan fingerprint density at radius 3 is 2.59 bits per heavy atom. The first-order chi connectivity index (χ1) is 8.22. The topological polar surface area (TPSA) is 20.2 Å². The van der Waals surface area contributed by atoms with E-state index in [0.717, 1.165) is 12.8 Å². The van der Waals surface area contributed by atoms with Crippen LogP contribution in [-0.2, 0) is 0 Å². The second-order valence-corrected chi connectivity index (χ2v) is 5.52. The lowest BCUT2D eigenvalue weighted by molar-refractivity contribution is 0.144. The lowest BCUT2D eigenvalue weighted by atomic mass is 9.77. The fraction of sp³-hybridized carbons (Fsp3) is 0.625. The van der Waals surface area contributed by atoms with E-state index in [-0.39, 0.29) is 6.10 Å². The van der Waals surface area contributed by atoms with Crippen LogP contribution in [0.15, 0.2) is 24.3 Å². The molecule has 1 aromatic rings. The van der Waals surface area contributed by atoms with Gasteiger partial charge in [0.05, 0.1) is 6.10 Å². The molecule has 2 atom stereocenters. The number of hydrogen-bond donors (Lipinski definition) is 1. The molecule has 0 spiro atoms. The summed E-state index contributed by atoms with van der Waals surface area (Å²) in [5, 5.41) is 10.4. The molecule has 0 bridgehead atoms. The molecule has 1 aliphatic carbocycles. The summed E-state index contributed by atoms with van der Waals surface area (Å²) < 4.78 is 0. The average molecular weight is 232 g/mol. The van der Waals surface area contributed by atoms with E-state index in [1.807, 2.05) is 0 Å². The van der Waals surface area contributed by atoms with Crippen LogP contribution in [-0.4, -0.2) is 5.11 Å². The van der Waals surface area contributed by atoms with E-state index >= 15 is 0 Å². The van der Waals surface area contributed by atoms with Gasteiger partial charge in [-0.2, -0.15) is 0 Å². The minimum Gasteiger partial charge on any atom is -0.388 e. The van der Waals surface area contributed by atoms with Crippen LogP contribution < -0.4 is 0 Å². The first-order valence-corrected chi connectivity index (χ1v) is 6.99. The molecule has 0 saturated heterocycles. The van der Waals surface area contributed by atoms with Crippen molar-refractivity contribution < 1.29 is 5.11 Å². The van der Waals surface area contributed by atoms with Crippen LogP contribution in [0.2, 0.25) is 0 Å². The van der Waals surface area contributed by atoms with Gasteiger partial charge in [-0.1, -0.05) is 51.0 Å². The molecule has 1 fully saturated rings. The molecule has 1 aromatic carbocycles. The van der Waals surface area contributed by atoms with Gasteiger partial charge in [0.2, 0.25) is 0 Å². The van der Waals surface area contributed by atoms with Gasteiger partial charge in [-0.25, -0.2) is 0 Å². The van der Waals surface area contributed by atoms with Crippen molar-refractivity contribution in [2.24, 2.45) is 5.92 Å². The number of benzene rings is 1. The highest BCUT2D eigenvalue weighted by atomic mass is 16.3. The normalized spacial score (nSPS) is 19.7. The van der Waals surface area contributed by atoms with Crippen LogP contribution in [0.25, 0.3) is 0 Å². The highest BCUT2D eigenvalue weighted by Crippen LogP contribution is 2.40. The highest BCUT2D eigenvalue weighted by molar-refractivity contribution is 5.33. The third kappa shape index (κ3) is 2.90. The van der Waals surface area contributed by atoms with Crippen molar-refractivity contribution in [2.75, 3.05) is 0 Å². The Kier molecular flexibility index (Phi) is 4.22. The van der Waals surface area contributed by atoms with Gasteiger partial charge < -0.3 is 5.11 Å². The summed E-state index contributed by atoms with van der Waals surface area (Å²) in [7, 11) is 0. The lowest BCUT2D eigenvalue weighted by Crippen LogP contribution is -2.14. The third-order valence-electron chi connectivity index (χ3n) is 4.22. The molecule has 1 saturated carbocycles. The first kappa shape index (κ1) is 12.6. The van der Waals surface area contributed by atoms with Crippen LogP contribution in [0.5, 0.6) is 0 Å². The maximum Gasteiger partial charge on any atom is 0.0795 e. The van der Waals surface area contributed by atoms with Gasteiger partial charge in [-0.3, -0.25) is 0 Å². The molecule has 2 rings (SSSR count). The predicted molar refractivity (Wildman–Crippen MR) is 72.1 cm³/mol. The van der Waals surface area contributed by atoms with E-state index in [1.165, 1.54) is 30.4 Å². The summed E-state index contributed by atoms with van der Waals surface area (Å²) in [5.41, 5.74) is 2.58. The summed E-state index contributed by atoms with van der Waals surface area (Å²) in [6.07, 6.45) is 5.70. The van der Waals surface area contributed by atoms with Gasteiger partial charge in [0.1, 0.15) is 0 Å². The largest absolute Gasteiger partial charge is 0.388 e. The Labute approximate surface area is 105 Å². The molecular weight excluding hydrogens is 208 g/mol. The van der Waals surface area contributed by atoms with Crippen molar-refractivity contribution in [3.05, 3.63) is 35.4 Å². The van der Waals surface area contributed by atoms with E-state index in [1.54, 1.807) is 0 Å². The molecule has 17 heavy (non-hydrogen) atoms. The quantitative estimate of drug-likeness (QED) is 0.796. The summed E-state index contributed by atoms with van der Waals surface area (Å²) in [6, 6.07) is 8.48. The van der Waals surface area contributed by atoms with E-state index in [2.05, 4.69) is 38.1 Å². The molecule has 1 nitrogen and oxygen atoms in total. The SMILES string of the molecule is CCC(C)CC(O)c1ccccc1C1CCC1. The smallest absolute Gasteiger partial charge is 0.0795 e. The monoisotopic (exact) mass is 232 g/mol. The molecule has 1 heteroatoms. The van der Waals surface area contributed by atoms with Crippen LogP contribution in [0.4, 0.5) is 0 Å². The van der Waals surface area contributed by atoms with E-state index < -0.39 is 0 Å². The van der Waals surface area contributed by atoms with Gasteiger partial charge in [-0.05, 0) is 42.2 Å². The fourth-order valence-corrected chi connectivity index (χ4v) is 2.58. The number of hydrogen-bond acceptors (Lipinski definition) is 1. The van der Waals surface area contributed by atoms with Crippen LogP contribution >= 0.6 is 0 Å². The maximum atomic E-state index is 10.4. The molecule has 1 aliphatic rings. The van der Waals surface area contributed by atoms with Crippen molar-refractivity contribution in [1.29, 1.82) is 0 Å². The zero-order chi connectivity index (χ0) is 12.3. The Bertz CT molecular complexity index is 354. The van der Waals surface area contributed by atoms with Crippen molar-refractivity contribution >= 4 is 0 Å². The fourth-order valence-electron chi connectivity index (χ4n) is 2.58. The number of aliphatic hydroxyl groups is 1. The molecule has 94 valence electrons. The Balaban J connectivity index is 2.13.